The van der Waals surface area contributed by atoms with E-state index in [1.165, 1.54) is 0 Å². The number of ether oxygens (including phenoxy) is 2. The van der Waals surface area contributed by atoms with E-state index in [2.05, 4.69) is 11.4 Å². The van der Waals surface area contributed by atoms with Gasteiger partial charge in [-0.1, -0.05) is 0 Å². The molecule has 1 atom stereocenters. The van der Waals surface area contributed by atoms with Crippen LogP contribution in [-0.2, 0) is 9.53 Å². The number of anilines is 1. The van der Waals surface area contributed by atoms with Crippen LogP contribution in [0.15, 0.2) is 18.2 Å². The first-order chi connectivity index (χ1) is 10.5. The Balaban J connectivity index is 2.16. The van der Waals surface area contributed by atoms with Gasteiger partial charge >= 0.3 is 0 Å². The SMILES string of the molecule is CCOc1ccc(NC(=O)[C@](C)(OCC)C2CC2)cc1C#N. The topological polar surface area (TPSA) is 71.3 Å². The lowest BCUT2D eigenvalue weighted by molar-refractivity contribution is -0.141. The molecule has 5 nitrogen and oxygen atoms in total. The summed E-state index contributed by atoms with van der Waals surface area (Å²) in [7, 11) is 0. The second kappa shape index (κ2) is 6.80. The highest BCUT2D eigenvalue weighted by molar-refractivity contribution is 5.97. The first-order valence-electron chi connectivity index (χ1n) is 7.67. The summed E-state index contributed by atoms with van der Waals surface area (Å²) in [6.07, 6.45) is 2.02. The van der Waals surface area contributed by atoms with Crippen LogP contribution in [0.1, 0.15) is 39.2 Å². The van der Waals surface area contributed by atoms with Crippen LogP contribution in [0.25, 0.3) is 0 Å². The molecule has 118 valence electrons. The van der Waals surface area contributed by atoms with Crippen LogP contribution in [0.3, 0.4) is 0 Å². The van der Waals surface area contributed by atoms with Crippen molar-refractivity contribution >= 4 is 11.6 Å². The van der Waals surface area contributed by atoms with Gasteiger partial charge in [0.25, 0.3) is 5.91 Å². The molecule has 0 spiro atoms. The van der Waals surface area contributed by atoms with Crippen molar-refractivity contribution in [2.45, 2.75) is 39.2 Å². The average Bonchev–Trinajstić information content (AvgIpc) is 3.34. The van der Waals surface area contributed by atoms with Crippen LogP contribution in [0.2, 0.25) is 0 Å². The Hall–Kier alpha value is -2.06. The van der Waals surface area contributed by atoms with Gasteiger partial charge in [0.05, 0.1) is 12.2 Å². The molecule has 1 fully saturated rings. The molecule has 1 aliphatic carbocycles. The predicted molar refractivity (Wildman–Crippen MR) is 83.7 cm³/mol. The van der Waals surface area contributed by atoms with Crippen molar-refractivity contribution in [1.82, 2.24) is 0 Å². The number of hydrogen-bond donors (Lipinski definition) is 1. The first kappa shape index (κ1) is 16.3. The van der Waals surface area contributed by atoms with Crippen molar-refractivity contribution < 1.29 is 14.3 Å². The van der Waals surface area contributed by atoms with Gasteiger partial charge in [0.1, 0.15) is 17.4 Å². The molecule has 2 rings (SSSR count). The van der Waals surface area contributed by atoms with Gasteiger partial charge in [-0.3, -0.25) is 4.79 Å². The summed E-state index contributed by atoms with van der Waals surface area (Å²) in [5, 5.41) is 12.0. The molecule has 0 radical (unpaired) electrons. The van der Waals surface area contributed by atoms with Gasteiger partial charge in [-0.25, -0.2) is 0 Å². The number of nitrogens with one attached hydrogen (secondary N) is 1. The molecule has 1 aliphatic rings. The van der Waals surface area contributed by atoms with E-state index in [0.29, 0.717) is 30.2 Å². The lowest BCUT2D eigenvalue weighted by atomic mass is 9.98. The molecule has 1 aromatic rings. The number of nitriles is 1. The Morgan fingerprint density at radius 3 is 2.68 bits per heavy atom. The highest BCUT2D eigenvalue weighted by Gasteiger charge is 2.48. The number of nitrogens with zero attached hydrogens (tertiary/aromatic N) is 1. The third kappa shape index (κ3) is 3.40. The Morgan fingerprint density at radius 1 is 1.41 bits per heavy atom. The summed E-state index contributed by atoms with van der Waals surface area (Å²) in [6.45, 7) is 6.57. The Labute approximate surface area is 131 Å². The van der Waals surface area contributed by atoms with Crippen molar-refractivity contribution in [1.29, 1.82) is 5.26 Å². The van der Waals surface area contributed by atoms with E-state index >= 15 is 0 Å². The van der Waals surface area contributed by atoms with Gasteiger partial charge in [0.2, 0.25) is 0 Å². The monoisotopic (exact) mass is 302 g/mol. The Kier molecular flexibility index (Phi) is 5.04. The van der Waals surface area contributed by atoms with Crippen molar-refractivity contribution in [2.24, 2.45) is 5.92 Å². The zero-order valence-corrected chi connectivity index (χ0v) is 13.3. The minimum absolute atomic E-state index is 0.162. The summed E-state index contributed by atoms with van der Waals surface area (Å²) in [4.78, 5) is 12.6. The molecule has 0 unspecified atom stereocenters. The van der Waals surface area contributed by atoms with Crippen molar-refractivity contribution in [2.75, 3.05) is 18.5 Å². The molecule has 5 heteroatoms. The first-order valence-corrected chi connectivity index (χ1v) is 7.67. The summed E-state index contributed by atoms with van der Waals surface area (Å²) >= 11 is 0. The molecule has 0 heterocycles. The van der Waals surface area contributed by atoms with Crippen LogP contribution >= 0.6 is 0 Å². The molecule has 1 amide bonds. The fourth-order valence-corrected chi connectivity index (χ4v) is 2.53. The molecule has 0 aromatic heterocycles. The normalized spacial score (nSPS) is 16.5. The highest BCUT2D eigenvalue weighted by Crippen LogP contribution is 2.42. The van der Waals surface area contributed by atoms with Crippen LogP contribution in [0, 0.1) is 17.2 Å². The fraction of sp³-hybridized carbons (Fsp3) is 0.529. The molecule has 1 saturated carbocycles. The molecular weight excluding hydrogens is 280 g/mol. The molecule has 1 aromatic carbocycles. The van der Waals surface area contributed by atoms with Crippen LogP contribution in [0.4, 0.5) is 5.69 Å². The summed E-state index contributed by atoms with van der Waals surface area (Å²) < 4.78 is 11.1. The molecule has 0 bridgehead atoms. The van der Waals surface area contributed by atoms with Gasteiger partial charge < -0.3 is 14.8 Å². The van der Waals surface area contributed by atoms with Crippen molar-refractivity contribution in [3.8, 4) is 11.8 Å². The number of carbonyl (C=O) groups is 1. The second-order valence-corrected chi connectivity index (χ2v) is 5.52. The quantitative estimate of drug-likeness (QED) is 0.840. The summed E-state index contributed by atoms with van der Waals surface area (Å²) in [6, 6.07) is 7.15. The fourth-order valence-electron chi connectivity index (χ4n) is 2.53. The van der Waals surface area contributed by atoms with E-state index in [0.717, 1.165) is 12.8 Å². The predicted octanol–water partition coefficient (Wildman–Crippen LogP) is 3.10. The zero-order chi connectivity index (χ0) is 16.2. The number of benzene rings is 1. The molecule has 0 saturated heterocycles. The van der Waals surface area contributed by atoms with Crippen LogP contribution in [0.5, 0.6) is 5.75 Å². The van der Waals surface area contributed by atoms with Gasteiger partial charge in [0.15, 0.2) is 0 Å². The van der Waals surface area contributed by atoms with Gasteiger partial charge in [0, 0.05) is 12.3 Å². The zero-order valence-electron chi connectivity index (χ0n) is 13.3. The maximum absolute atomic E-state index is 12.6. The maximum atomic E-state index is 12.6. The Morgan fingerprint density at radius 2 is 2.14 bits per heavy atom. The van der Waals surface area contributed by atoms with E-state index in [4.69, 9.17) is 9.47 Å². The molecule has 0 aliphatic heterocycles. The third-order valence-electron chi connectivity index (χ3n) is 3.91. The van der Waals surface area contributed by atoms with Crippen LogP contribution in [-0.4, -0.2) is 24.7 Å². The van der Waals surface area contributed by atoms with Gasteiger partial charge in [-0.05, 0) is 57.7 Å². The van der Waals surface area contributed by atoms with E-state index in [1.807, 2.05) is 20.8 Å². The second-order valence-electron chi connectivity index (χ2n) is 5.52. The smallest absolute Gasteiger partial charge is 0.256 e. The lowest BCUT2D eigenvalue weighted by Gasteiger charge is -2.28. The number of hydrogen-bond acceptors (Lipinski definition) is 4. The van der Waals surface area contributed by atoms with E-state index in [1.54, 1.807) is 18.2 Å². The minimum Gasteiger partial charge on any atom is -0.492 e. The minimum atomic E-state index is -0.805. The van der Waals surface area contributed by atoms with E-state index < -0.39 is 5.60 Å². The molecule has 22 heavy (non-hydrogen) atoms. The molecular formula is C17H22N2O3. The number of amides is 1. The van der Waals surface area contributed by atoms with Crippen LogP contribution < -0.4 is 10.1 Å². The molecule has 1 N–H and O–H groups in total. The average molecular weight is 302 g/mol. The maximum Gasteiger partial charge on any atom is 0.256 e. The standard InChI is InChI=1S/C17H22N2O3/c1-4-21-15-9-8-14(10-12(15)11-18)19-16(20)17(3,22-5-2)13-6-7-13/h8-10,13H,4-7H2,1-3H3,(H,19,20)/t17-/m1/s1. The van der Waals surface area contributed by atoms with Gasteiger partial charge in [-0.15, -0.1) is 0 Å². The third-order valence-corrected chi connectivity index (χ3v) is 3.91. The highest BCUT2D eigenvalue weighted by atomic mass is 16.5. The summed E-state index contributed by atoms with van der Waals surface area (Å²) in [5.41, 5.74) is 0.181. The Bertz CT molecular complexity index is 590. The number of carbonyl (C=O) groups excluding carboxylic acids is 1. The summed E-state index contributed by atoms with van der Waals surface area (Å²) in [5.74, 6) is 0.633. The number of rotatable bonds is 7. The van der Waals surface area contributed by atoms with Gasteiger partial charge in [-0.2, -0.15) is 5.26 Å². The lowest BCUT2D eigenvalue weighted by Crippen LogP contribution is -2.44. The van der Waals surface area contributed by atoms with Crippen molar-refractivity contribution in [3.05, 3.63) is 23.8 Å². The van der Waals surface area contributed by atoms with E-state index in [-0.39, 0.29) is 11.8 Å². The van der Waals surface area contributed by atoms with Crippen molar-refractivity contribution in [3.63, 3.8) is 0 Å². The largest absolute Gasteiger partial charge is 0.492 e. The van der Waals surface area contributed by atoms with E-state index in [9.17, 15) is 10.1 Å².